The fourth-order valence-electron chi connectivity index (χ4n) is 2.91. The van der Waals surface area contributed by atoms with Crippen LogP contribution < -0.4 is 0 Å². The number of amides is 1. The number of carbonyl (C=O) groups excluding carboxylic acids is 1. The Morgan fingerprint density at radius 3 is 2.57 bits per heavy atom. The number of hydrogen-bond acceptors (Lipinski definition) is 5. The number of hydrogen-bond donors (Lipinski definition) is 0. The van der Waals surface area contributed by atoms with Crippen molar-refractivity contribution in [3.8, 4) is 11.5 Å². The van der Waals surface area contributed by atoms with Crippen molar-refractivity contribution < 1.29 is 9.21 Å². The molecule has 122 valence electrons. The van der Waals surface area contributed by atoms with Crippen molar-refractivity contribution in [2.24, 2.45) is 5.92 Å². The van der Waals surface area contributed by atoms with Gasteiger partial charge in [0.25, 0.3) is 0 Å². The van der Waals surface area contributed by atoms with Gasteiger partial charge in [-0.25, -0.2) is 0 Å². The normalized spacial score (nSPS) is 16.4. The highest BCUT2D eigenvalue weighted by Crippen LogP contribution is 2.22. The van der Waals surface area contributed by atoms with E-state index < -0.39 is 0 Å². The lowest BCUT2D eigenvalue weighted by Gasteiger charge is -2.31. The van der Waals surface area contributed by atoms with Gasteiger partial charge in [-0.2, -0.15) is 0 Å². The Hall–Kier alpha value is -2.21. The molecule has 0 bridgehead atoms. The quantitative estimate of drug-likeness (QED) is 0.864. The van der Waals surface area contributed by atoms with Crippen molar-refractivity contribution in [2.75, 3.05) is 27.2 Å². The molecule has 1 aliphatic rings. The molecule has 1 aromatic carbocycles. The molecule has 23 heavy (non-hydrogen) atoms. The number of piperidine rings is 1. The Balaban J connectivity index is 1.55. The summed E-state index contributed by atoms with van der Waals surface area (Å²) in [5.41, 5.74) is 0.932. The molecule has 0 radical (unpaired) electrons. The zero-order valence-electron chi connectivity index (χ0n) is 13.6. The molecule has 6 nitrogen and oxygen atoms in total. The molecule has 3 rings (SSSR count). The van der Waals surface area contributed by atoms with E-state index in [1.807, 2.05) is 44.4 Å². The van der Waals surface area contributed by atoms with Crippen LogP contribution in [0.5, 0.6) is 0 Å². The zero-order valence-corrected chi connectivity index (χ0v) is 13.6. The molecule has 2 heterocycles. The second-order valence-corrected chi connectivity index (χ2v) is 6.15. The molecule has 1 saturated heterocycles. The SMILES string of the molecule is CN(C)C(=O)C1CCN(Cc2nnc(-c3ccccc3)o2)CC1. The van der Waals surface area contributed by atoms with Crippen molar-refractivity contribution in [1.29, 1.82) is 0 Å². The van der Waals surface area contributed by atoms with Crippen LogP contribution in [0.1, 0.15) is 18.7 Å². The van der Waals surface area contributed by atoms with Crippen molar-refractivity contribution in [1.82, 2.24) is 20.0 Å². The maximum Gasteiger partial charge on any atom is 0.247 e. The number of rotatable bonds is 4. The van der Waals surface area contributed by atoms with Crippen LogP contribution >= 0.6 is 0 Å². The number of carbonyl (C=O) groups is 1. The van der Waals surface area contributed by atoms with Crippen LogP contribution in [-0.2, 0) is 11.3 Å². The topological polar surface area (TPSA) is 62.5 Å². The molecular formula is C17H22N4O2. The van der Waals surface area contributed by atoms with Gasteiger partial charge < -0.3 is 9.32 Å². The van der Waals surface area contributed by atoms with Gasteiger partial charge in [0.2, 0.25) is 17.7 Å². The van der Waals surface area contributed by atoms with Crippen LogP contribution in [0, 0.1) is 5.92 Å². The first-order valence-corrected chi connectivity index (χ1v) is 7.95. The van der Waals surface area contributed by atoms with Gasteiger partial charge in [0, 0.05) is 25.6 Å². The fraction of sp³-hybridized carbons (Fsp3) is 0.471. The molecule has 6 heteroatoms. The van der Waals surface area contributed by atoms with Gasteiger partial charge in [-0.3, -0.25) is 9.69 Å². The maximum absolute atomic E-state index is 12.0. The van der Waals surface area contributed by atoms with E-state index in [4.69, 9.17) is 4.42 Å². The second kappa shape index (κ2) is 6.91. The molecule has 0 unspecified atom stereocenters. The van der Waals surface area contributed by atoms with Crippen LogP contribution in [0.25, 0.3) is 11.5 Å². The Labute approximate surface area is 136 Å². The van der Waals surface area contributed by atoms with Gasteiger partial charge in [0.1, 0.15) is 0 Å². The molecule has 0 saturated carbocycles. The van der Waals surface area contributed by atoms with Gasteiger partial charge >= 0.3 is 0 Å². The molecule has 0 N–H and O–H groups in total. The molecule has 0 atom stereocenters. The van der Waals surface area contributed by atoms with Crippen LogP contribution in [0.15, 0.2) is 34.7 Å². The highest BCUT2D eigenvalue weighted by molar-refractivity contribution is 5.78. The molecule has 1 amide bonds. The molecule has 1 fully saturated rings. The standard InChI is InChI=1S/C17H22N4O2/c1-20(2)17(22)14-8-10-21(11-9-14)12-15-18-19-16(23-15)13-6-4-3-5-7-13/h3-7,14H,8-12H2,1-2H3. The van der Waals surface area contributed by atoms with Gasteiger partial charge in [0.05, 0.1) is 6.54 Å². The van der Waals surface area contributed by atoms with E-state index in [-0.39, 0.29) is 11.8 Å². The van der Waals surface area contributed by atoms with E-state index in [1.54, 1.807) is 4.90 Å². The van der Waals surface area contributed by atoms with Gasteiger partial charge in [-0.15, -0.1) is 10.2 Å². The predicted octanol–water partition coefficient (Wildman–Crippen LogP) is 2.04. The Kier molecular flexibility index (Phi) is 4.71. The van der Waals surface area contributed by atoms with E-state index in [0.717, 1.165) is 31.5 Å². The average molecular weight is 314 g/mol. The lowest BCUT2D eigenvalue weighted by atomic mass is 9.95. The van der Waals surface area contributed by atoms with Crippen molar-refractivity contribution >= 4 is 5.91 Å². The molecule has 0 spiro atoms. The van der Waals surface area contributed by atoms with E-state index in [0.29, 0.717) is 18.3 Å². The first kappa shape index (κ1) is 15.7. The molecule has 2 aromatic rings. The number of benzene rings is 1. The van der Waals surface area contributed by atoms with Gasteiger partial charge in [-0.05, 0) is 38.1 Å². The van der Waals surface area contributed by atoms with Crippen LogP contribution in [-0.4, -0.2) is 53.1 Å². The summed E-state index contributed by atoms with van der Waals surface area (Å²) < 4.78 is 5.75. The smallest absolute Gasteiger partial charge is 0.247 e. The van der Waals surface area contributed by atoms with E-state index in [1.165, 1.54) is 0 Å². The van der Waals surface area contributed by atoms with Crippen LogP contribution in [0.3, 0.4) is 0 Å². The highest BCUT2D eigenvalue weighted by atomic mass is 16.4. The Bertz CT molecular complexity index is 646. The predicted molar refractivity (Wildman–Crippen MR) is 86.4 cm³/mol. The number of aromatic nitrogens is 2. The molecule has 0 aliphatic carbocycles. The van der Waals surface area contributed by atoms with Crippen molar-refractivity contribution in [3.05, 3.63) is 36.2 Å². The first-order chi connectivity index (χ1) is 11.1. The van der Waals surface area contributed by atoms with E-state index >= 15 is 0 Å². The summed E-state index contributed by atoms with van der Waals surface area (Å²) in [6, 6.07) is 9.77. The minimum Gasteiger partial charge on any atom is -0.419 e. The third-order valence-electron chi connectivity index (χ3n) is 4.22. The first-order valence-electron chi connectivity index (χ1n) is 7.95. The summed E-state index contributed by atoms with van der Waals surface area (Å²) >= 11 is 0. The maximum atomic E-state index is 12.0. The third kappa shape index (κ3) is 3.76. The summed E-state index contributed by atoms with van der Waals surface area (Å²) in [6.07, 6.45) is 1.77. The van der Waals surface area contributed by atoms with Gasteiger partial charge in [0.15, 0.2) is 0 Å². The summed E-state index contributed by atoms with van der Waals surface area (Å²) in [5.74, 6) is 1.55. The monoisotopic (exact) mass is 314 g/mol. The summed E-state index contributed by atoms with van der Waals surface area (Å²) in [7, 11) is 3.64. The molecule has 1 aliphatic heterocycles. The second-order valence-electron chi connectivity index (χ2n) is 6.15. The zero-order chi connectivity index (χ0) is 16.2. The average Bonchev–Trinajstić information content (AvgIpc) is 3.04. The van der Waals surface area contributed by atoms with Gasteiger partial charge in [-0.1, -0.05) is 18.2 Å². The van der Waals surface area contributed by atoms with E-state index in [2.05, 4.69) is 15.1 Å². The number of nitrogens with zero attached hydrogens (tertiary/aromatic N) is 4. The minimum atomic E-state index is 0.142. The van der Waals surface area contributed by atoms with Crippen molar-refractivity contribution in [3.63, 3.8) is 0 Å². The fourth-order valence-corrected chi connectivity index (χ4v) is 2.91. The van der Waals surface area contributed by atoms with Crippen molar-refractivity contribution in [2.45, 2.75) is 19.4 Å². The Morgan fingerprint density at radius 1 is 1.22 bits per heavy atom. The minimum absolute atomic E-state index is 0.142. The number of likely N-dealkylation sites (tertiary alicyclic amines) is 1. The summed E-state index contributed by atoms with van der Waals surface area (Å²) in [5, 5.41) is 8.25. The largest absolute Gasteiger partial charge is 0.419 e. The summed E-state index contributed by atoms with van der Waals surface area (Å²) in [4.78, 5) is 15.9. The van der Waals surface area contributed by atoms with Crippen LogP contribution in [0.2, 0.25) is 0 Å². The molecule has 1 aromatic heterocycles. The summed E-state index contributed by atoms with van der Waals surface area (Å²) in [6.45, 7) is 2.41. The lowest BCUT2D eigenvalue weighted by Crippen LogP contribution is -2.39. The Morgan fingerprint density at radius 2 is 1.91 bits per heavy atom. The lowest BCUT2D eigenvalue weighted by molar-refractivity contribution is -0.134. The third-order valence-corrected chi connectivity index (χ3v) is 4.22. The van der Waals surface area contributed by atoms with E-state index in [9.17, 15) is 4.79 Å². The molecular weight excluding hydrogens is 292 g/mol. The highest BCUT2D eigenvalue weighted by Gasteiger charge is 2.26. The van der Waals surface area contributed by atoms with Crippen LogP contribution in [0.4, 0.5) is 0 Å².